The number of fused-ring (bicyclic) bond motifs is 1. The molecular formula is C16H18OS. The lowest BCUT2D eigenvalue weighted by Gasteiger charge is -2.12. The van der Waals surface area contributed by atoms with Crippen LogP contribution in [0.4, 0.5) is 0 Å². The topological polar surface area (TPSA) is 20.2 Å². The molecule has 0 radical (unpaired) electrons. The third-order valence-corrected chi connectivity index (χ3v) is 4.69. The van der Waals surface area contributed by atoms with Crippen molar-refractivity contribution in [2.24, 2.45) is 0 Å². The van der Waals surface area contributed by atoms with Gasteiger partial charge in [-0.15, -0.1) is 11.3 Å². The fraction of sp³-hybridized carbons (Fsp3) is 0.375. The van der Waals surface area contributed by atoms with Crippen molar-refractivity contribution in [2.75, 3.05) is 0 Å². The normalized spacial score (nSPS) is 15.6. The van der Waals surface area contributed by atoms with E-state index in [1.165, 1.54) is 35.3 Å². The standard InChI is InChI=1S/C16H18OS/c17-16(9-8-15-5-2-10-18-15)14-7-6-12-3-1-4-13(12)11-14/h2,5-7,10-11,16-17H,1,3-4,8-9H2. The molecule has 94 valence electrons. The molecule has 0 spiro atoms. The highest BCUT2D eigenvalue weighted by molar-refractivity contribution is 7.09. The van der Waals surface area contributed by atoms with Crippen molar-refractivity contribution in [3.8, 4) is 0 Å². The largest absolute Gasteiger partial charge is 0.388 e. The van der Waals surface area contributed by atoms with Crippen LogP contribution < -0.4 is 0 Å². The molecule has 1 unspecified atom stereocenters. The zero-order chi connectivity index (χ0) is 12.4. The van der Waals surface area contributed by atoms with E-state index in [1.807, 2.05) is 0 Å². The Balaban J connectivity index is 1.67. The monoisotopic (exact) mass is 258 g/mol. The molecule has 1 N–H and O–H groups in total. The molecule has 0 aliphatic heterocycles. The Bertz CT molecular complexity index is 516. The minimum atomic E-state index is -0.321. The van der Waals surface area contributed by atoms with Gasteiger partial charge in [-0.05, 0) is 60.2 Å². The van der Waals surface area contributed by atoms with E-state index in [0.717, 1.165) is 18.4 Å². The Kier molecular flexibility index (Phi) is 3.48. The molecule has 1 aliphatic carbocycles. The van der Waals surface area contributed by atoms with Crippen LogP contribution in [0.1, 0.15) is 40.5 Å². The summed E-state index contributed by atoms with van der Waals surface area (Å²) >= 11 is 1.77. The number of hydrogen-bond donors (Lipinski definition) is 1. The highest BCUT2D eigenvalue weighted by atomic mass is 32.1. The maximum absolute atomic E-state index is 10.3. The first-order valence-corrected chi connectivity index (χ1v) is 7.53. The highest BCUT2D eigenvalue weighted by Gasteiger charge is 2.14. The average Bonchev–Trinajstić information content (AvgIpc) is 3.05. The van der Waals surface area contributed by atoms with Gasteiger partial charge in [0.2, 0.25) is 0 Å². The van der Waals surface area contributed by atoms with Crippen LogP contribution in [-0.4, -0.2) is 5.11 Å². The van der Waals surface area contributed by atoms with E-state index < -0.39 is 0 Å². The minimum absolute atomic E-state index is 0.321. The van der Waals surface area contributed by atoms with Crippen LogP contribution in [0, 0.1) is 0 Å². The van der Waals surface area contributed by atoms with Gasteiger partial charge in [0.15, 0.2) is 0 Å². The summed E-state index contributed by atoms with van der Waals surface area (Å²) in [6, 6.07) is 10.7. The SMILES string of the molecule is OC(CCc1cccs1)c1ccc2c(c1)CCC2. The molecule has 0 bridgehead atoms. The van der Waals surface area contributed by atoms with E-state index >= 15 is 0 Å². The van der Waals surface area contributed by atoms with Gasteiger partial charge in [0.1, 0.15) is 0 Å². The van der Waals surface area contributed by atoms with Crippen molar-refractivity contribution in [1.29, 1.82) is 0 Å². The maximum Gasteiger partial charge on any atom is 0.0793 e. The average molecular weight is 258 g/mol. The van der Waals surface area contributed by atoms with Gasteiger partial charge in [0.25, 0.3) is 0 Å². The Morgan fingerprint density at radius 1 is 1.17 bits per heavy atom. The third-order valence-electron chi connectivity index (χ3n) is 3.75. The summed E-state index contributed by atoms with van der Waals surface area (Å²) in [6.07, 6.45) is 5.12. The first kappa shape index (κ1) is 11.9. The molecule has 1 aromatic carbocycles. The van der Waals surface area contributed by atoms with E-state index in [4.69, 9.17) is 0 Å². The van der Waals surface area contributed by atoms with Gasteiger partial charge in [-0.3, -0.25) is 0 Å². The predicted octanol–water partition coefficient (Wildman–Crippen LogP) is 3.90. The summed E-state index contributed by atoms with van der Waals surface area (Å²) in [4.78, 5) is 1.36. The number of hydrogen-bond acceptors (Lipinski definition) is 2. The Morgan fingerprint density at radius 2 is 2.06 bits per heavy atom. The van der Waals surface area contributed by atoms with Crippen molar-refractivity contribution < 1.29 is 5.11 Å². The highest BCUT2D eigenvalue weighted by Crippen LogP contribution is 2.27. The molecule has 0 saturated carbocycles. The molecule has 1 aromatic heterocycles. The summed E-state index contributed by atoms with van der Waals surface area (Å²) in [5.74, 6) is 0. The van der Waals surface area contributed by atoms with Crippen molar-refractivity contribution in [1.82, 2.24) is 0 Å². The second-order valence-electron chi connectivity index (χ2n) is 5.02. The van der Waals surface area contributed by atoms with Gasteiger partial charge in [-0.2, -0.15) is 0 Å². The fourth-order valence-electron chi connectivity index (χ4n) is 2.70. The van der Waals surface area contributed by atoms with E-state index in [-0.39, 0.29) is 6.10 Å². The molecule has 3 rings (SSSR count). The van der Waals surface area contributed by atoms with Crippen molar-refractivity contribution in [3.05, 3.63) is 57.3 Å². The molecule has 2 aromatic rings. The van der Waals surface area contributed by atoms with E-state index in [2.05, 4.69) is 35.7 Å². The second-order valence-corrected chi connectivity index (χ2v) is 6.05. The molecule has 1 atom stereocenters. The summed E-state index contributed by atoms with van der Waals surface area (Å²) in [6.45, 7) is 0. The molecule has 1 nitrogen and oxygen atoms in total. The summed E-state index contributed by atoms with van der Waals surface area (Å²) in [5.41, 5.74) is 4.01. The zero-order valence-corrected chi connectivity index (χ0v) is 11.2. The smallest absolute Gasteiger partial charge is 0.0793 e. The van der Waals surface area contributed by atoms with Crippen LogP contribution in [0.2, 0.25) is 0 Å². The lowest BCUT2D eigenvalue weighted by molar-refractivity contribution is 0.168. The number of benzene rings is 1. The van der Waals surface area contributed by atoms with E-state index in [1.54, 1.807) is 11.3 Å². The first-order chi connectivity index (χ1) is 8.83. The third kappa shape index (κ3) is 2.50. The summed E-state index contributed by atoms with van der Waals surface area (Å²) < 4.78 is 0. The van der Waals surface area contributed by atoms with Gasteiger partial charge in [-0.1, -0.05) is 24.3 Å². The molecule has 18 heavy (non-hydrogen) atoms. The minimum Gasteiger partial charge on any atom is -0.388 e. The fourth-order valence-corrected chi connectivity index (χ4v) is 3.42. The quantitative estimate of drug-likeness (QED) is 0.881. The lowest BCUT2D eigenvalue weighted by atomic mass is 10.00. The van der Waals surface area contributed by atoms with Crippen LogP contribution >= 0.6 is 11.3 Å². The lowest BCUT2D eigenvalue weighted by Crippen LogP contribution is -2.00. The van der Waals surface area contributed by atoms with Gasteiger partial charge in [-0.25, -0.2) is 0 Å². The molecule has 0 amide bonds. The van der Waals surface area contributed by atoms with Crippen LogP contribution in [-0.2, 0) is 19.3 Å². The van der Waals surface area contributed by atoms with Crippen molar-refractivity contribution in [2.45, 2.75) is 38.2 Å². The Hall–Kier alpha value is -1.12. The van der Waals surface area contributed by atoms with Crippen molar-refractivity contribution in [3.63, 3.8) is 0 Å². The maximum atomic E-state index is 10.3. The van der Waals surface area contributed by atoms with Gasteiger partial charge in [0.05, 0.1) is 6.10 Å². The second kappa shape index (κ2) is 5.25. The van der Waals surface area contributed by atoms with E-state index in [9.17, 15) is 5.11 Å². The zero-order valence-electron chi connectivity index (χ0n) is 10.4. The Labute approximate surface area is 112 Å². The van der Waals surface area contributed by atoms with Crippen molar-refractivity contribution >= 4 is 11.3 Å². The van der Waals surface area contributed by atoms with Crippen LogP contribution in [0.15, 0.2) is 35.7 Å². The number of aryl methyl sites for hydroxylation is 3. The predicted molar refractivity (Wildman–Crippen MR) is 76.1 cm³/mol. The van der Waals surface area contributed by atoms with Gasteiger partial charge >= 0.3 is 0 Å². The summed E-state index contributed by atoms with van der Waals surface area (Å²) in [7, 11) is 0. The van der Waals surface area contributed by atoms with Crippen LogP contribution in [0.3, 0.4) is 0 Å². The number of aliphatic hydroxyl groups is 1. The molecule has 1 heterocycles. The Morgan fingerprint density at radius 3 is 2.89 bits per heavy atom. The van der Waals surface area contributed by atoms with Crippen LogP contribution in [0.25, 0.3) is 0 Å². The number of thiophene rings is 1. The van der Waals surface area contributed by atoms with Crippen LogP contribution in [0.5, 0.6) is 0 Å². The van der Waals surface area contributed by atoms with Gasteiger partial charge in [0, 0.05) is 4.88 Å². The molecule has 1 aliphatic rings. The molecular weight excluding hydrogens is 240 g/mol. The molecule has 2 heteroatoms. The summed E-state index contributed by atoms with van der Waals surface area (Å²) in [5, 5.41) is 12.3. The molecule has 0 saturated heterocycles. The first-order valence-electron chi connectivity index (χ1n) is 6.65. The number of rotatable bonds is 4. The van der Waals surface area contributed by atoms with Gasteiger partial charge < -0.3 is 5.11 Å². The van der Waals surface area contributed by atoms with E-state index in [0.29, 0.717) is 0 Å². The number of aliphatic hydroxyl groups excluding tert-OH is 1. The molecule has 0 fully saturated rings.